The Kier molecular flexibility index (Phi) is 1.13. The molecule has 0 aliphatic carbocycles. The molecule has 0 amide bonds. The van der Waals surface area contributed by atoms with Crippen LogP contribution in [0, 0.1) is 6.26 Å². The molecule has 0 atom stereocenters. The van der Waals surface area contributed by atoms with Crippen molar-refractivity contribution in [3.63, 3.8) is 0 Å². The summed E-state index contributed by atoms with van der Waals surface area (Å²) in [5.74, 6) is 0. The lowest BCUT2D eigenvalue weighted by Gasteiger charge is -1.75. The van der Waals surface area contributed by atoms with Gasteiger partial charge in [0, 0.05) is 5.56 Å². The fourth-order valence-electron chi connectivity index (χ4n) is 0.345. The first-order valence-corrected chi connectivity index (χ1v) is 1.98. The molecule has 0 saturated heterocycles. The lowest BCUT2D eigenvalue weighted by Crippen LogP contribution is -1.72. The van der Waals surface area contributed by atoms with Gasteiger partial charge in [0.2, 0.25) is 0 Å². The molecule has 0 saturated carbocycles. The standard InChI is InChI=1S/C5H5O2/c6-3-5-1-2-7-4-5/h1-2,6H,3H2. The lowest BCUT2D eigenvalue weighted by molar-refractivity contribution is 0.280. The van der Waals surface area contributed by atoms with Gasteiger partial charge in [-0.05, 0) is 6.07 Å². The van der Waals surface area contributed by atoms with Crippen molar-refractivity contribution in [1.29, 1.82) is 0 Å². The zero-order valence-corrected chi connectivity index (χ0v) is 3.72. The van der Waals surface area contributed by atoms with Gasteiger partial charge in [0.1, 0.15) is 0 Å². The van der Waals surface area contributed by atoms with Gasteiger partial charge in [0.25, 0.3) is 0 Å². The average molecular weight is 97.1 g/mol. The van der Waals surface area contributed by atoms with Crippen LogP contribution in [0.3, 0.4) is 0 Å². The van der Waals surface area contributed by atoms with E-state index in [4.69, 9.17) is 5.11 Å². The first kappa shape index (κ1) is 4.40. The smallest absolute Gasteiger partial charge is 0.174 e. The Hall–Kier alpha value is -0.760. The van der Waals surface area contributed by atoms with Crippen molar-refractivity contribution in [3.8, 4) is 0 Å². The minimum Gasteiger partial charge on any atom is -0.461 e. The molecule has 1 radical (unpaired) electrons. The number of hydrogen-bond acceptors (Lipinski definition) is 2. The van der Waals surface area contributed by atoms with Crippen LogP contribution < -0.4 is 0 Å². The largest absolute Gasteiger partial charge is 0.461 e. The fourth-order valence-corrected chi connectivity index (χ4v) is 0.345. The van der Waals surface area contributed by atoms with Crippen molar-refractivity contribution in [2.45, 2.75) is 6.61 Å². The van der Waals surface area contributed by atoms with E-state index in [2.05, 4.69) is 10.7 Å². The molecule has 37 valence electrons. The van der Waals surface area contributed by atoms with Crippen LogP contribution in [0.1, 0.15) is 5.56 Å². The predicted octanol–water partition coefficient (Wildman–Crippen LogP) is 0.572. The maximum atomic E-state index is 8.34. The fraction of sp³-hybridized carbons (Fsp3) is 0.200. The van der Waals surface area contributed by atoms with Crippen LogP contribution in [0.2, 0.25) is 0 Å². The molecule has 1 N–H and O–H groups in total. The van der Waals surface area contributed by atoms with Gasteiger partial charge in [0.05, 0.1) is 12.9 Å². The molecule has 2 heteroatoms. The normalized spacial score (nSPS) is 9.29. The first-order chi connectivity index (χ1) is 3.43. The molecule has 0 aliphatic rings. The summed E-state index contributed by atoms with van der Waals surface area (Å²) in [4.78, 5) is 0. The molecule has 0 spiro atoms. The van der Waals surface area contributed by atoms with Crippen LogP contribution in [0.4, 0.5) is 0 Å². The van der Waals surface area contributed by atoms with E-state index in [1.165, 1.54) is 6.26 Å². The van der Waals surface area contributed by atoms with E-state index in [9.17, 15) is 0 Å². The van der Waals surface area contributed by atoms with E-state index in [0.29, 0.717) is 5.56 Å². The molecule has 0 unspecified atom stereocenters. The van der Waals surface area contributed by atoms with E-state index in [-0.39, 0.29) is 6.61 Å². The summed E-state index contributed by atoms with van der Waals surface area (Å²) in [6.45, 7) is 0.0104. The molecule has 0 aromatic carbocycles. The van der Waals surface area contributed by atoms with Gasteiger partial charge >= 0.3 is 0 Å². The highest BCUT2D eigenvalue weighted by atomic mass is 16.3. The molecule has 7 heavy (non-hydrogen) atoms. The maximum Gasteiger partial charge on any atom is 0.174 e. The molecule has 1 aromatic heterocycles. The number of furan rings is 1. The zero-order chi connectivity index (χ0) is 5.11. The van der Waals surface area contributed by atoms with Crippen molar-refractivity contribution in [3.05, 3.63) is 24.2 Å². The van der Waals surface area contributed by atoms with Gasteiger partial charge in [0.15, 0.2) is 6.26 Å². The van der Waals surface area contributed by atoms with Crippen molar-refractivity contribution in [2.75, 3.05) is 0 Å². The summed E-state index contributed by atoms with van der Waals surface area (Å²) in [7, 11) is 0. The van der Waals surface area contributed by atoms with Gasteiger partial charge in [-0.2, -0.15) is 0 Å². The maximum absolute atomic E-state index is 8.34. The number of rotatable bonds is 1. The van der Waals surface area contributed by atoms with Crippen LogP contribution in [0.5, 0.6) is 0 Å². The minimum atomic E-state index is 0.0104. The molecule has 2 nitrogen and oxygen atoms in total. The zero-order valence-electron chi connectivity index (χ0n) is 3.72. The molecule has 0 fully saturated rings. The summed E-state index contributed by atoms with van der Waals surface area (Å²) in [5.41, 5.74) is 0.694. The quantitative estimate of drug-likeness (QED) is 0.555. The van der Waals surface area contributed by atoms with Gasteiger partial charge < -0.3 is 9.52 Å². The Morgan fingerprint density at radius 1 is 1.86 bits per heavy atom. The average Bonchev–Trinajstić information content (AvgIpc) is 2.14. The topological polar surface area (TPSA) is 33.4 Å². The Morgan fingerprint density at radius 2 is 2.71 bits per heavy atom. The third-order valence-corrected chi connectivity index (χ3v) is 0.698. The molecule has 1 aromatic rings. The monoisotopic (exact) mass is 97.0 g/mol. The predicted molar refractivity (Wildman–Crippen MR) is 23.5 cm³/mol. The summed E-state index contributed by atoms with van der Waals surface area (Å²) in [5, 5.41) is 8.34. The third kappa shape index (κ3) is 0.810. The second-order valence-electron chi connectivity index (χ2n) is 1.21. The van der Waals surface area contributed by atoms with Crippen LogP contribution in [0.15, 0.2) is 16.7 Å². The number of hydrogen-bond donors (Lipinski definition) is 1. The van der Waals surface area contributed by atoms with Gasteiger partial charge in [-0.3, -0.25) is 0 Å². The molecule has 0 bridgehead atoms. The highest BCUT2D eigenvalue weighted by Gasteiger charge is 1.86. The second-order valence-corrected chi connectivity index (χ2v) is 1.21. The van der Waals surface area contributed by atoms with Gasteiger partial charge in [-0.15, -0.1) is 0 Å². The van der Waals surface area contributed by atoms with Crippen LogP contribution in [0.25, 0.3) is 0 Å². The molecule has 1 rings (SSSR count). The highest BCUT2D eigenvalue weighted by Crippen LogP contribution is 1.95. The summed E-state index contributed by atoms with van der Waals surface area (Å²) < 4.78 is 4.52. The Bertz CT molecular complexity index is 121. The summed E-state index contributed by atoms with van der Waals surface area (Å²) >= 11 is 0. The van der Waals surface area contributed by atoms with Crippen molar-refractivity contribution < 1.29 is 9.52 Å². The number of aliphatic hydroxyl groups excluding tert-OH is 1. The van der Waals surface area contributed by atoms with E-state index in [1.54, 1.807) is 6.07 Å². The van der Waals surface area contributed by atoms with Crippen LogP contribution in [-0.4, -0.2) is 5.11 Å². The third-order valence-electron chi connectivity index (χ3n) is 0.698. The Balaban J connectivity index is 2.76. The first-order valence-electron chi connectivity index (χ1n) is 1.98. The van der Waals surface area contributed by atoms with Gasteiger partial charge in [-0.25, -0.2) is 0 Å². The lowest BCUT2D eigenvalue weighted by atomic mass is 10.4. The van der Waals surface area contributed by atoms with Crippen molar-refractivity contribution >= 4 is 0 Å². The second kappa shape index (κ2) is 1.80. The van der Waals surface area contributed by atoms with E-state index < -0.39 is 0 Å². The summed E-state index contributed by atoms with van der Waals surface area (Å²) in [6, 6.07) is 1.67. The summed E-state index contributed by atoms with van der Waals surface area (Å²) in [6.07, 6.45) is 3.94. The van der Waals surface area contributed by atoms with Crippen LogP contribution in [-0.2, 0) is 6.61 Å². The van der Waals surface area contributed by atoms with Crippen molar-refractivity contribution in [1.82, 2.24) is 0 Å². The Morgan fingerprint density at radius 3 is 3.00 bits per heavy atom. The van der Waals surface area contributed by atoms with Gasteiger partial charge in [-0.1, -0.05) is 0 Å². The van der Waals surface area contributed by atoms with E-state index in [1.807, 2.05) is 0 Å². The van der Waals surface area contributed by atoms with E-state index in [0.717, 1.165) is 0 Å². The minimum absolute atomic E-state index is 0.0104. The highest BCUT2D eigenvalue weighted by molar-refractivity contribution is 5.00. The molecule has 0 aliphatic heterocycles. The van der Waals surface area contributed by atoms with Crippen LogP contribution >= 0.6 is 0 Å². The van der Waals surface area contributed by atoms with E-state index >= 15 is 0 Å². The van der Waals surface area contributed by atoms with Crippen molar-refractivity contribution in [2.24, 2.45) is 0 Å². The molecular weight excluding hydrogens is 92.1 g/mol. The Labute approximate surface area is 41.4 Å². The molecular formula is C5H5O2. The molecule has 1 heterocycles. The SMILES string of the molecule is OCc1[c]occ1. The number of aliphatic hydroxyl groups is 1.